The Morgan fingerprint density at radius 3 is 2.96 bits per heavy atom. The van der Waals surface area contributed by atoms with Crippen LogP contribution in [0.4, 0.5) is 4.79 Å². The molecule has 0 saturated heterocycles. The number of hydrogen-bond donors (Lipinski definition) is 1. The van der Waals surface area contributed by atoms with Gasteiger partial charge in [0, 0.05) is 17.3 Å². The molecule has 1 aromatic carbocycles. The number of carbonyl (C=O) groups excluding carboxylic acids is 1. The lowest BCUT2D eigenvalue weighted by molar-refractivity contribution is 0.179. The Morgan fingerprint density at radius 1 is 1.29 bits per heavy atom. The molecule has 128 valence electrons. The predicted molar refractivity (Wildman–Crippen MR) is 97.3 cm³/mol. The average Bonchev–Trinajstić information content (AvgIpc) is 2.61. The molecule has 0 bridgehead atoms. The summed E-state index contributed by atoms with van der Waals surface area (Å²) in [6.07, 6.45) is 4.89. The number of nitrogens with two attached hydrogens (primary N) is 1. The summed E-state index contributed by atoms with van der Waals surface area (Å²) in [7, 11) is 0. The van der Waals surface area contributed by atoms with Gasteiger partial charge in [-0.1, -0.05) is 43.1 Å². The third-order valence-electron chi connectivity index (χ3n) is 3.18. The van der Waals surface area contributed by atoms with E-state index in [4.69, 9.17) is 15.3 Å². The van der Waals surface area contributed by atoms with Gasteiger partial charge in [-0.2, -0.15) is 0 Å². The fourth-order valence-corrected chi connectivity index (χ4v) is 2.61. The molecule has 24 heavy (non-hydrogen) atoms. The lowest BCUT2D eigenvalue weighted by atomic mass is 10.2. The van der Waals surface area contributed by atoms with Crippen molar-refractivity contribution in [2.45, 2.75) is 26.2 Å². The molecule has 1 heterocycles. The Bertz CT molecular complexity index is 701. The molecule has 2 rings (SSSR count). The van der Waals surface area contributed by atoms with Gasteiger partial charge in [0.2, 0.25) is 0 Å². The van der Waals surface area contributed by atoms with Gasteiger partial charge in [-0.05, 0) is 30.3 Å². The van der Waals surface area contributed by atoms with Crippen LogP contribution in [0.3, 0.4) is 0 Å². The minimum absolute atomic E-state index is 0.0173. The van der Waals surface area contributed by atoms with Crippen LogP contribution in [0, 0.1) is 0 Å². The van der Waals surface area contributed by atoms with Crippen LogP contribution in [0.5, 0.6) is 5.75 Å². The van der Waals surface area contributed by atoms with Crippen LogP contribution < -0.4 is 10.5 Å². The summed E-state index contributed by atoms with van der Waals surface area (Å²) in [6, 6.07) is 9.44. The number of amidine groups is 1. The van der Waals surface area contributed by atoms with Crippen LogP contribution in [0.1, 0.15) is 26.2 Å². The van der Waals surface area contributed by atoms with Gasteiger partial charge in [0.25, 0.3) is 0 Å². The number of carbonyl (C=O) groups is 1. The molecule has 0 aliphatic rings. The van der Waals surface area contributed by atoms with E-state index in [-0.39, 0.29) is 12.4 Å². The maximum absolute atomic E-state index is 11.5. The highest BCUT2D eigenvalue weighted by atomic mass is 32.2. The lowest BCUT2D eigenvalue weighted by Gasteiger charge is -2.07. The lowest BCUT2D eigenvalue weighted by Crippen LogP contribution is -2.22. The summed E-state index contributed by atoms with van der Waals surface area (Å²) in [5, 5.41) is 4.11. The molecule has 6 nitrogen and oxygen atoms in total. The Kier molecular flexibility index (Phi) is 7.35. The van der Waals surface area contributed by atoms with Crippen LogP contribution in [-0.2, 0) is 4.84 Å². The fourth-order valence-electron chi connectivity index (χ4n) is 2.00. The highest BCUT2D eigenvalue weighted by Crippen LogP contribution is 2.22. The van der Waals surface area contributed by atoms with Crippen molar-refractivity contribution in [1.82, 2.24) is 4.98 Å². The fraction of sp³-hybridized carbons (Fsp3) is 0.353. The first-order valence-corrected chi connectivity index (χ1v) is 8.82. The van der Waals surface area contributed by atoms with Crippen molar-refractivity contribution in [1.29, 1.82) is 0 Å². The van der Waals surface area contributed by atoms with Gasteiger partial charge < -0.3 is 15.3 Å². The topological polar surface area (TPSA) is 86.8 Å². The van der Waals surface area contributed by atoms with Crippen molar-refractivity contribution >= 4 is 33.8 Å². The molecular formula is C17H21N3O3S. The Morgan fingerprint density at radius 2 is 2.12 bits per heavy atom. The number of nitrogens with zero attached hydrogens (tertiary/aromatic N) is 2. The highest BCUT2D eigenvalue weighted by Gasteiger charge is 2.06. The second-order valence-corrected chi connectivity index (χ2v) is 6.13. The van der Waals surface area contributed by atoms with E-state index in [1.54, 1.807) is 12.3 Å². The van der Waals surface area contributed by atoms with Gasteiger partial charge in [-0.3, -0.25) is 4.98 Å². The molecular weight excluding hydrogens is 326 g/mol. The smallest absolute Gasteiger partial charge is 0.393 e. The Balaban J connectivity index is 1.81. The van der Waals surface area contributed by atoms with E-state index in [0.717, 1.165) is 47.7 Å². The Hall–Kier alpha value is -2.28. The van der Waals surface area contributed by atoms with E-state index in [1.807, 2.05) is 24.3 Å². The number of benzene rings is 1. The summed E-state index contributed by atoms with van der Waals surface area (Å²) in [4.78, 5) is 20.5. The van der Waals surface area contributed by atoms with E-state index in [0.29, 0.717) is 5.75 Å². The molecule has 7 heteroatoms. The minimum atomic E-state index is -0.458. The molecule has 2 aromatic rings. The SMILES string of the molecule is CCCCCSC(=O)O/N=C(\N)COc1cccc2cccnc12. The molecule has 0 atom stereocenters. The Labute approximate surface area is 145 Å². The number of hydrogen-bond acceptors (Lipinski definition) is 6. The zero-order chi connectivity index (χ0) is 17.2. The van der Waals surface area contributed by atoms with Gasteiger partial charge in [0.1, 0.15) is 17.9 Å². The van der Waals surface area contributed by atoms with E-state index in [2.05, 4.69) is 17.1 Å². The van der Waals surface area contributed by atoms with E-state index >= 15 is 0 Å². The van der Waals surface area contributed by atoms with Crippen molar-refractivity contribution in [3.05, 3.63) is 36.5 Å². The van der Waals surface area contributed by atoms with Crippen LogP contribution in [0.15, 0.2) is 41.7 Å². The number of unbranched alkanes of at least 4 members (excludes halogenated alkanes) is 2. The van der Waals surface area contributed by atoms with Crippen molar-refractivity contribution in [2.24, 2.45) is 10.9 Å². The van der Waals surface area contributed by atoms with Crippen LogP contribution >= 0.6 is 11.8 Å². The largest absolute Gasteiger partial charge is 0.483 e. The molecule has 2 N–H and O–H groups in total. The van der Waals surface area contributed by atoms with E-state index in [9.17, 15) is 4.79 Å². The second-order valence-electron chi connectivity index (χ2n) is 5.10. The molecule has 0 fully saturated rings. The summed E-state index contributed by atoms with van der Waals surface area (Å²) >= 11 is 1.10. The quantitative estimate of drug-likeness (QED) is 0.256. The monoisotopic (exact) mass is 347 g/mol. The first-order chi connectivity index (χ1) is 11.7. The number of fused-ring (bicyclic) bond motifs is 1. The number of thioether (sulfide) groups is 1. The van der Waals surface area contributed by atoms with Crippen molar-refractivity contribution < 1.29 is 14.4 Å². The number of rotatable bonds is 8. The highest BCUT2D eigenvalue weighted by molar-refractivity contribution is 8.13. The normalized spacial score (nSPS) is 11.5. The molecule has 1 aromatic heterocycles. The van der Waals surface area contributed by atoms with E-state index in [1.165, 1.54) is 0 Å². The summed E-state index contributed by atoms with van der Waals surface area (Å²) in [6.45, 7) is 2.13. The molecule has 0 aliphatic heterocycles. The predicted octanol–water partition coefficient (Wildman–Crippen LogP) is 3.95. The number of oxime groups is 1. The van der Waals surface area contributed by atoms with Crippen molar-refractivity contribution in [3.8, 4) is 5.75 Å². The zero-order valence-corrected chi connectivity index (χ0v) is 14.4. The number of aromatic nitrogens is 1. The first-order valence-electron chi connectivity index (χ1n) is 7.83. The van der Waals surface area contributed by atoms with Gasteiger partial charge in [-0.25, -0.2) is 4.79 Å². The number of pyridine rings is 1. The molecule has 0 saturated carbocycles. The summed E-state index contributed by atoms with van der Waals surface area (Å²) < 4.78 is 5.61. The standard InChI is InChI=1S/C17H21N3O3S/c1-2-3-4-11-24-17(21)23-20-15(18)12-22-14-9-5-7-13-8-6-10-19-16(13)14/h5-10H,2-4,11-12H2,1H3,(H2,18,20). The van der Waals surface area contributed by atoms with Crippen LogP contribution in [-0.4, -0.2) is 28.5 Å². The van der Waals surface area contributed by atoms with Crippen molar-refractivity contribution in [2.75, 3.05) is 12.4 Å². The van der Waals surface area contributed by atoms with Crippen LogP contribution in [0.25, 0.3) is 10.9 Å². The molecule has 0 amide bonds. The molecule has 0 spiro atoms. The molecule has 0 aliphatic carbocycles. The van der Waals surface area contributed by atoms with Gasteiger partial charge in [0.15, 0.2) is 5.84 Å². The average molecular weight is 347 g/mol. The second kappa shape index (κ2) is 9.77. The summed E-state index contributed by atoms with van der Waals surface area (Å²) in [5.41, 5.74) is 6.45. The number of ether oxygens (including phenoxy) is 1. The third-order valence-corrected chi connectivity index (χ3v) is 3.98. The number of para-hydroxylation sites is 1. The van der Waals surface area contributed by atoms with Crippen LogP contribution in [0.2, 0.25) is 0 Å². The first kappa shape index (κ1) is 18.1. The maximum Gasteiger partial charge on any atom is 0.393 e. The third kappa shape index (κ3) is 5.73. The van der Waals surface area contributed by atoms with E-state index < -0.39 is 5.30 Å². The molecule has 0 radical (unpaired) electrons. The van der Waals surface area contributed by atoms with Gasteiger partial charge in [0.05, 0.1) is 0 Å². The van der Waals surface area contributed by atoms with Gasteiger partial charge in [-0.15, -0.1) is 0 Å². The molecule has 0 unspecified atom stereocenters. The van der Waals surface area contributed by atoms with Gasteiger partial charge >= 0.3 is 5.30 Å². The maximum atomic E-state index is 11.5. The van der Waals surface area contributed by atoms with Crippen molar-refractivity contribution in [3.63, 3.8) is 0 Å². The summed E-state index contributed by atoms with van der Waals surface area (Å²) in [5.74, 6) is 1.41. The minimum Gasteiger partial charge on any atom is -0.483 e. The zero-order valence-electron chi connectivity index (χ0n) is 13.6.